The summed E-state index contributed by atoms with van der Waals surface area (Å²) in [6.45, 7) is 2.17. The van der Waals surface area contributed by atoms with Crippen molar-refractivity contribution in [1.29, 1.82) is 0 Å². The third-order valence-corrected chi connectivity index (χ3v) is 5.48. The summed E-state index contributed by atoms with van der Waals surface area (Å²) in [6.07, 6.45) is 5.63. The molecule has 114 valence electrons. The molecule has 2 aromatic heterocycles. The number of likely N-dealkylation sites (tertiary alicyclic amines) is 1. The predicted octanol–water partition coefficient (Wildman–Crippen LogP) is 4.16. The van der Waals surface area contributed by atoms with Crippen LogP contribution < -0.4 is 5.32 Å². The second-order valence-electron chi connectivity index (χ2n) is 5.63. The van der Waals surface area contributed by atoms with Gasteiger partial charge >= 0.3 is 0 Å². The Kier molecular flexibility index (Phi) is 5.01. The molecule has 3 rings (SSSR count). The van der Waals surface area contributed by atoms with E-state index in [2.05, 4.69) is 23.3 Å². The van der Waals surface area contributed by atoms with Crippen molar-refractivity contribution in [3.63, 3.8) is 0 Å². The average Bonchev–Trinajstić information content (AvgIpc) is 3.13. The van der Waals surface area contributed by atoms with Crippen molar-refractivity contribution in [1.82, 2.24) is 10.2 Å². The number of halogens is 1. The molecule has 0 aliphatic carbocycles. The van der Waals surface area contributed by atoms with E-state index in [1.165, 1.54) is 30.7 Å². The third-order valence-electron chi connectivity index (χ3n) is 4.19. The summed E-state index contributed by atoms with van der Waals surface area (Å²) in [5.41, 5.74) is 0. The van der Waals surface area contributed by atoms with E-state index in [4.69, 9.17) is 16.0 Å². The number of nitrogens with zero attached hydrogens (tertiary/aromatic N) is 1. The monoisotopic (exact) mass is 324 g/mol. The van der Waals surface area contributed by atoms with Gasteiger partial charge in [0.2, 0.25) is 0 Å². The molecule has 1 fully saturated rings. The van der Waals surface area contributed by atoms with E-state index in [9.17, 15) is 0 Å². The summed E-state index contributed by atoms with van der Waals surface area (Å²) in [5, 5.41) is 3.67. The normalized spacial score (nSPS) is 21.5. The quantitative estimate of drug-likeness (QED) is 0.895. The number of piperidine rings is 1. The first-order chi connectivity index (χ1) is 10.2. The lowest BCUT2D eigenvalue weighted by atomic mass is 10.0. The van der Waals surface area contributed by atoms with E-state index in [-0.39, 0.29) is 6.04 Å². The first-order valence-corrected chi connectivity index (χ1v) is 8.66. The Morgan fingerprint density at radius 2 is 2.33 bits per heavy atom. The molecule has 3 nitrogen and oxygen atoms in total. The zero-order chi connectivity index (χ0) is 14.7. The van der Waals surface area contributed by atoms with Crippen molar-refractivity contribution in [2.45, 2.75) is 31.3 Å². The fraction of sp³-hybridized carbons (Fsp3) is 0.500. The lowest BCUT2D eigenvalue weighted by Crippen LogP contribution is -2.43. The molecule has 0 radical (unpaired) electrons. The minimum atomic E-state index is 0.0906. The molecule has 2 unspecified atom stereocenters. The first kappa shape index (κ1) is 15.1. The van der Waals surface area contributed by atoms with Gasteiger partial charge in [-0.2, -0.15) is 0 Å². The van der Waals surface area contributed by atoms with Gasteiger partial charge in [-0.3, -0.25) is 0 Å². The number of nitrogens with one attached hydrogen (secondary N) is 1. The molecule has 1 saturated heterocycles. The highest BCUT2D eigenvalue weighted by molar-refractivity contribution is 7.16. The number of thiophene rings is 1. The fourth-order valence-electron chi connectivity index (χ4n) is 2.94. The maximum Gasteiger partial charge on any atom is 0.126 e. The Balaban J connectivity index is 1.71. The molecular formula is C16H21ClN2OS. The molecular weight excluding hydrogens is 304 g/mol. The minimum Gasteiger partial charge on any atom is -0.467 e. The van der Waals surface area contributed by atoms with Crippen LogP contribution in [0.15, 0.2) is 34.9 Å². The molecule has 1 aliphatic rings. The second kappa shape index (κ2) is 6.97. The van der Waals surface area contributed by atoms with Gasteiger partial charge in [0.1, 0.15) is 11.8 Å². The van der Waals surface area contributed by atoms with E-state index >= 15 is 0 Å². The number of likely N-dealkylation sites (N-methyl/N-ethyl adjacent to an activating group) is 1. The molecule has 0 amide bonds. The van der Waals surface area contributed by atoms with Gasteiger partial charge in [-0.1, -0.05) is 18.0 Å². The zero-order valence-electron chi connectivity index (χ0n) is 12.2. The van der Waals surface area contributed by atoms with E-state index in [0.29, 0.717) is 6.04 Å². The Bertz CT molecular complexity index is 554. The standard InChI is InChI=1S/C16H21ClN2OS/c1-19-9-3-2-5-12(19)11-18-16(13-6-4-10-20-13)14-7-8-15(17)21-14/h4,6-8,10,12,16,18H,2-3,5,9,11H2,1H3. The van der Waals surface area contributed by atoms with Crippen molar-refractivity contribution >= 4 is 22.9 Å². The Morgan fingerprint density at radius 1 is 1.43 bits per heavy atom. The van der Waals surface area contributed by atoms with Gasteiger partial charge in [0.15, 0.2) is 0 Å². The van der Waals surface area contributed by atoms with Gasteiger partial charge in [0.25, 0.3) is 0 Å². The van der Waals surface area contributed by atoms with E-state index in [0.717, 1.165) is 16.6 Å². The molecule has 0 spiro atoms. The Labute approximate surface area is 134 Å². The summed E-state index contributed by atoms with van der Waals surface area (Å²) in [6, 6.07) is 8.69. The zero-order valence-corrected chi connectivity index (χ0v) is 13.8. The Morgan fingerprint density at radius 3 is 3.00 bits per heavy atom. The van der Waals surface area contributed by atoms with Crippen LogP contribution in [0.2, 0.25) is 4.34 Å². The SMILES string of the molecule is CN1CCCCC1CNC(c1ccco1)c1ccc(Cl)s1. The molecule has 2 aromatic rings. The maximum absolute atomic E-state index is 6.09. The van der Waals surface area contributed by atoms with Crippen LogP contribution in [0.25, 0.3) is 0 Å². The minimum absolute atomic E-state index is 0.0906. The van der Waals surface area contributed by atoms with E-state index in [1.807, 2.05) is 18.2 Å². The van der Waals surface area contributed by atoms with Crippen molar-refractivity contribution in [2.24, 2.45) is 0 Å². The number of furan rings is 1. The average molecular weight is 325 g/mol. The lowest BCUT2D eigenvalue weighted by Gasteiger charge is -2.33. The van der Waals surface area contributed by atoms with Gasteiger partial charge in [0.05, 0.1) is 10.6 Å². The summed E-state index contributed by atoms with van der Waals surface area (Å²) in [5.74, 6) is 0.951. The van der Waals surface area contributed by atoms with Gasteiger partial charge in [-0.15, -0.1) is 11.3 Å². The molecule has 1 aliphatic heterocycles. The smallest absolute Gasteiger partial charge is 0.126 e. The number of hydrogen-bond donors (Lipinski definition) is 1. The summed E-state index contributed by atoms with van der Waals surface area (Å²) in [4.78, 5) is 3.66. The summed E-state index contributed by atoms with van der Waals surface area (Å²) < 4.78 is 6.43. The van der Waals surface area contributed by atoms with Gasteiger partial charge < -0.3 is 14.6 Å². The number of hydrogen-bond acceptors (Lipinski definition) is 4. The molecule has 0 bridgehead atoms. The first-order valence-electron chi connectivity index (χ1n) is 7.46. The van der Waals surface area contributed by atoms with Crippen LogP contribution in [0.3, 0.4) is 0 Å². The van der Waals surface area contributed by atoms with Gasteiger partial charge in [-0.25, -0.2) is 0 Å². The van der Waals surface area contributed by atoms with Crippen LogP contribution in [0, 0.1) is 0 Å². The summed E-state index contributed by atoms with van der Waals surface area (Å²) >= 11 is 7.70. The van der Waals surface area contributed by atoms with E-state index in [1.54, 1.807) is 17.6 Å². The molecule has 0 saturated carbocycles. The molecule has 0 aromatic carbocycles. The van der Waals surface area contributed by atoms with Crippen LogP contribution >= 0.6 is 22.9 Å². The van der Waals surface area contributed by atoms with Crippen LogP contribution in [-0.4, -0.2) is 31.1 Å². The molecule has 1 N–H and O–H groups in total. The molecule has 21 heavy (non-hydrogen) atoms. The number of rotatable bonds is 5. The maximum atomic E-state index is 6.09. The Hall–Kier alpha value is -0.810. The molecule has 3 heterocycles. The van der Waals surface area contributed by atoms with Crippen molar-refractivity contribution in [2.75, 3.05) is 20.1 Å². The lowest BCUT2D eigenvalue weighted by molar-refractivity contribution is 0.178. The molecule has 5 heteroatoms. The van der Waals surface area contributed by atoms with Crippen molar-refractivity contribution in [3.05, 3.63) is 45.5 Å². The van der Waals surface area contributed by atoms with Crippen molar-refractivity contribution in [3.8, 4) is 0 Å². The topological polar surface area (TPSA) is 28.4 Å². The summed E-state index contributed by atoms with van der Waals surface area (Å²) in [7, 11) is 2.22. The van der Waals surface area contributed by atoms with Crippen LogP contribution in [-0.2, 0) is 0 Å². The van der Waals surface area contributed by atoms with Crippen molar-refractivity contribution < 1.29 is 4.42 Å². The predicted molar refractivity (Wildman–Crippen MR) is 88.2 cm³/mol. The second-order valence-corrected chi connectivity index (χ2v) is 7.38. The highest BCUT2D eigenvalue weighted by Crippen LogP contribution is 2.31. The van der Waals surface area contributed by atoms with Gasteiger partial charge in [-0.05, 0) is 50.7 Å². The van der Waals surface area contributed by atoms with Gasteiger partial charge in [0, 0.05) is 17.5 Å². The highest BCUT2D eigenvalue weighted by atomic mass is 35.5. The van der Waals surface area contributed by atoms with Crippen LogP contribution in [0.1, 0.15) is 35.9 Å². The highest BCUT2D eigenvalue weighted by Gasteiger charge is 2.23. The fourth-order valence-corrected chi connectivity index (χ4v) is 4.08. The largest absolute Gasteiger partial charge is 0.467 e. The third kappa shape index (κ3) is 3.69. The van der Waals surface area contributed by atoms with Crippen LogP contribution in [0.5, 0.6) is 0 Å². The van der Waals surface area contributed by atoms with E-state index < -0.39 is 0 Å². The molecule has 2 atom stereocenters. The van der Waals surface area contributed by atoms with Crippen LogP contribution in [0.4, 0.5) is 0 Å².